The lowest BCUT2D eigenvalue weighted by molar-refractivity contribution is -0.117. The van der Waals surface area contributed by atoms with Crippen molar-refractivity contribution >= 4 is 38.9 Å². The molecule has 2 aromatic rings. The molecule has 2 aromatic carbocycles. The van der Waals surface area contributed by atoms with Gasteiger partial charge in [-0.1, -0.05) is 11.6 Å². The first kappa shape index (κ1) is 21.3. The van der Waals surface area contributed by atoms with Crippen LogP contribution in [-0.2, 0) is 14.6 Å². The number of carbonyl (C=O) groups excluding carboxylic acids is 2. The highest BCUT2D eigenvalue weighted by Gasteiger charge is 2.23. The number of nitrogens with one attached hydrogen (secondary N) is 1. The topological polar surface area (TPSA) is 86.8 Å². The summed E-state index contributed by atoms with van der Waals surface area (Å²) < 4.78 is 23.0. The maximum Gasteiger partial charge on any atom is 0.253 e. The average Bonchev–Trinajstić information content (AvgIpc) is 2.68. The van der Waals surface area contributed by atoms with Gasteiger partial charge in [-0.3, -0.25) is 14.5 Å². The van der Waals surface area contributed by atoms with E-state index in [1.165, 1.54) is 12.1 Å². The summed E-state index contributed by atoms with van der Waals surface area (Å²) in [6.45, 7) is 2.48. The molecule has 1 heterocycles. The predicted octanol–water partition coefficient (Wildman–Crippen LogP) is 2.14. The van der Waals surface area contributed by atoms with Crippen molar-refractivity contribution in [2.45, 2.75) is 4.90 Å². The highest BCUT2D eigenvalue weighted by molar-refractivity contribution is 7.90. The molecule has 0 radical (unpaired) electrons. The van der Waals surface area contributed by atoms with E-state index in [0.29, 0.717) is 42.5 Å². The molecule has 29 heavy (non-hydrogen) atoms. The standard InChI is InChI=1S/C20H22ClN3O4S/c1-29(27,28)18-8-6-17(7-9-18)22-19(25)14-23-10-12-24(13-11-23)20(26)15-2-4-16(21)5-3-15/h2-9H,10-14H2,1H3,(H,22,25). The van der Waals surface area contributed by atoms with Gasteiger partial charge in [-0.15, -0.1) is 0 Å². The molecular formula is C20H22ClN3O4S. The molecule has 1 fully saturated rings. The van der Waals surface area contributed by atoms with Gasteiger partial charge in [0.15, 0.2) is 9.84 Å². The minimum Gasteiger partial charge on any atom is -0.336 e. The van der Waals surface area contributed by atoms with Gasteiger partial charge in [0.2, 0.25) is 5.91 Å². The second kappa shape index (κ2) is 8.94. The summed E-state index contributed by atoms with van der Waals surface area (Å²) in [4.78, 5) is 28.7. The van der Waals surface area contributed by atoms with Crippen molar-refractivity contribution in [3.8, 4) is 0 Å². The number of amides is 2. The molecular weight excluding hydrogens is 414 g/mol. The van der Waals surface area contributed by atoms with Crippen LogP contribution in [-0.4, -0.2) is 69.0 Å². The molecule has 1 saturated heterocycles. The number of nitrogens with zero attached hydrogens (tertiary/aromatic N) is 2. The van der Waals surface area contributed by atoms with Crippen molar-refractivity contribution in [2.24, 2.45) is 0 Å². The Hall–Kier alpha value is -2.42. The van der Waals surface area contributed by atoms with E-state index in [-0.39, 0.29) is 23.3 Å². The Morgan fingerprint density at radius 1 is 0.966 bits per heavy atom. The quantitative estimate of drug-likeness (QED) is 0.777. The Kier molecular flexibility index (Phi) is 6.56. The van der Waals surface area contributed by atoms with Gasteiger partial charge in [-0.25, -0.2) is 8.42 Å². The monoisotopic (exact) mass is 435 g/mol. The lowest BCUT2D eigenvalue weighted by Gasteiger charge is -2.34. The summed E-state index contributed by atoms with van der Waals surface area (Å²) >= 11 is 5.86. The van der Waals surface area contributed by atoms with Gasteiger partial charge in [0.1, 0.15) is 0 Å². The molecule has 0 bridgehead atoms. The molecule has 3 rings (SSSR count). The zero-order chi connectivity index (χ0) is 21.0. The molecule has 2 amide bonds. The van der Waals surface area contributed by atoms with E-state index < -0.39 is 9.84 Å². The molecule has 0 aliphatic carbocycles. The Bertz CT molecular complexity index is 983. The first-order chi connectivity index (χ1) is 13.7. The van der Waals surface area contributed by atoms with E-state index in [1.54, 1.807) is 41.3 Å². The van der Waals surface area contributed by atoms with Crippen molar-refractivity contribution in [3.05, 3.63) is 59.1 Å². The van der Waals surface area contributed by atoms with Crippen LogP contribution in [0.3, 0.4) is 0 Å². The van der Waals surface area contributed by atoms with Crippen LogP contribution in [0.4, 0.5) is 5.69 Å². The average molecular weight is 436 g/mol. The third-order valence-electron chi connectivity index (χ3n) is 4.68. The summed E-state index contributed by atoms with van der Waals surface area (Å²) in [5, 5.41) is 3.35. The van der Waals surface area contributed by atoms with Gasteiger partial charge in [0.05, 0.1) is 11.4 Å². The van der Waals surface area contributed by atoms with Gasteiger partial charge < -0.3 is 10.2 Å². The van der Waals surface area contributed by atoms with Crippen molar-refractivity contribution in [3.63, 3.8) is 0 Å². The Balaban J connectivity index is 1.48. The van der Waals surface area contributed by atoms with Crippen LogP contribution >= 0.6 is 11.6 Å². The van der Waals surface area contributed by atoms with E-state index in [4.69, 9.17) is 11.6 Å². The third kappa shape index (κ3) is 5.79. The first-order valence-corrected chi connectivity index (χ1v) is 11.4. The van der Waals surface area contributed by atoms with Gasteiger partial charge in [0.25, 0.3) is 5.91 Å². The molecule has 9 heteroatoms. The second-order valence-electron chi connectivity index (χ2n) is 6.92. The molecule has 0 aromatic heterocycles. The number of piperazine rings is 1. The summed E-state index contributed by atoms with van der Waals surface area (Å²) in [6.07, 6.45) is 1.14. The normalized spacial score (nSPS) is 15.2. The number of rotatable bonds is 5. The Morgan fingerprint density at radius 2 is 1.55 bits per heavy atom. The summed E-state index contributed by atoms with van der Waals surface area (Å²) in [5.41, 5.74) is 1.14. The third-order valence-corrected chi connectivity index (χ3v) is 6.06. The number of carbonyl (C=O) groups is 2. The molecule has 1 aliphatic heterocycles. The zero-order valence-electron chi connectivity index (χ0n) is 16.0. The highest BCUT2D eigenvalue weighted by Crippen LogP contribution is 2.15. The largest absolute Gasteiger partial charge is 0.336 e. The number of halogens is 1. The van der Waals surface area contributed by atoms with Crippen LogP contribution in [0.2, 0.25) is 5.02 Å². The van der Waals surface area contributed by atoms with Crippen LogP contribution in [0.5, 0.6) is 0 Å². The lowest BCUT2D eigenvalue weighted by Crippen LogP contribution is -2.50. The molecule has 1 aliphatic rings. The van der Waals surface area contributed by atoms with Crippen molar-refractivity contribution in [2.75, 3.05) is 44.3 Å². The maximum atomic E-state index is 12.5. The van der Waals surface area contributed by atoms with Gasteiger partial charge >= 0.3 is 0 Å². The highest BCUT2D eigenvalue weighted by atomic mass is 35.5. The zero-order valence-corrected chi connectivity index (χ0v) is 17.5. The SMILES string of the molecule is CS(=O)(=O)c1ccc(NC(=O)CN2CCN(C(=O)c3ccc(Cl)cc3)CC2)cc1. The van der Waals surface area contributed by atoms with Crippen LogP contribution < -0.4 is 5.32 Å². The summed E-state index contributed by atoms with van der Waals surface area (Å²) in [6, 6.07) is 12.9. The smallest absolute Gasteiger partial charge is 0.253 e. The number of anilines is 1. The molecule has 0 spiro atoms. The summed E-state index contributed by atoms with van der Waals surface area (Å²) in [5.74, 6) is -0.230. The van der Waals surface area contributed by atoms with Crippen LogP contribution in [0.15, 0.2) is 53.4 Å². The minimum absolute atomic E-state index is 0.0447. The van der Waals surface area contributed by atoms with Gasteiger partial charge in [-0.2, -0.15) is 0 Å². The fraction of sp³-hybridized carbons (Fsp3) is 0.300. The fourth-order valence-corrected chi connectivity index (χ4v) is 3.83. The van der Waals surface area contributed by atoms with Crippen LogP contribution in [0, 0.1) is 0 Å². The van der Waals surface area contributed by atoms with E-state index in [0.717, 1.165) is 6.26 Å². The first-order valence-electron chi connectivity index (χ1n) is 9.09. The van der Waals surface area contributed by atoms with Crippen molar-refractivity contribution in [1.29, 1.82) is 0 Å². The minimum atomic E-state index is -3.27. The van der Waals surface area contributed by atoms with Crippen LogP contribution in [0.1, 0.15) is 10.4 Å². The van der Waals surface area contributed by atoms with Crippen molar-refractivity contribution in [1.82, 2.24) is 9.80 Å². The number of hydrogen-bond acceptors (Lipinski definition) is 5. The number of hydrogen-bond donors (Lipinski definition) is 1. The number of benzene rings is 2. The van der Waals surface area contributed by atoms with E-state index in [2.05, 4.69) is 5.32 Å². The van der Waals surface area contributed by atoms with Gasteiger partial charge in [-0.05, 0) is 48.5 Å². The summed E-state index contributed by atoms with van der Waals surface area (Å²) in [7, 11) is -3.27. The predicted molar refractivity (Wildman–Crippen MR) is 112 cm³/mol. The van der Waals surface area contributed by atoms with E-state index >= 15 is 0 Å². The molecule has 1 N–H and O–H groups in total. The Morgan fingerprint density at radius 3 is 2.10 bits per heavy atom. The molecule has 7 nitrogen and oxygen atoms in total. The van der Waals surface area contributed by atoms with Crippen molar-refractivity contribution < 1.29 is 18.0 Å². The maximum absolute atomic E-state index is 12.5. The Labute approximate surface area is 175 Å². The van der Waals surface area contributed by atoms with Gasteiger partial charge in [0, 0.05) is 48.7 Å². The molecule has 154 valence electrons. The lowest BCUT2D eigenvalue weighted by atomic mass is 10.2. The van der Waals surface area contributed by atoms with Crippen LogP contribution in [0.25, 0.3) is 0 Å². The number of sulfone groups is 1. The fourth-order valence-electron chi connectivity index (χ4n) is 3.07. The second-order valence-corrected chi connectivity index (χ2v) is 9.37. The molecule has 0 atom stereocenters. The molecule has 0 saturated carbocycles. The van der Waals surface area contributed by atoms with E-state index in [9.17, 15) is 18.0 Å². The van der Waals surface area contributed by atoms with E-state index in [1.807, 2.05) is 4.90 Å². The molecule has 0 unspecified atom stereocenters.